The summed E-state index contributed by atoms with van der Waals surface area (Å²) in [6.45, 7) is 5.47. The van der Waals surface area contributed by atoms with Crippen LogP contribution in [0.1, 0.15) is 29.6 Å². The van der Waals surface area contributed by atoms with Crippen molar-refractivity contribution in [2.45, 2.75) is 25.3 Å². The number of aliphatic carboxylic acids is 1. The predicted octanol–water partition coefficient (Wildman–Crippen LogP) is 2.11. The van der Waals surface area contributed by atoms with E-state index in [1.165, 1.54) is 0 Å². The third-order valence-corrected chi connectivity index (χ3v) is 6.52. The van der Waals surface area contributed by atoms with Crippen LogP contribution >= 0.6 is 0 Å². The zero-order valence-electron chi connectivity index (χ0n) is 17.0. The van der Waals surface area contributed by atoms with E-state index in [2.05, 4.69) is 21.8 Å². The highest BCUT2D eigenvalue weighted by molar-refractivity contribution is 5.98. The molecule has 0 unspecified atom stereocenters. The smallest absolute Gasteiger partial charge is 0.303 e. The number of aromatic amines is 1. The van der Waals surface area contributed by atoms with E-state index in [-0.39, 0.29) is 18.2 Å². The fourth-order valence-electron chi connectivity index (χ4n) is 4.79. The van der Waals surface area contributed by atoms with E-state index in [1.807, 2.05) is 35.4 Å². The monoisotopic (exact) mass is 398 g/mol. The molecule has 1 aromatic heterocycles. The number of rotatable bonds is 5. The number of likely N-dealkylation sites (N-methyl/N-ethyl adjacent to an activating group) is 1. The Balaban J connectivity index is 1.47. The van der Waals surface area contributed by atoms with Gasteiger partial charge in [0.15, 0.2) is 0 Å². The molecule has 2 saturated heterocycles. The first kappa shape index (κ1) is 19.9. The summed E-state index contributed by atoms with van der Waals surface area (Å²) in [7, 11) is 2.14. The molecule has 2 fully saturated rings. The molecule has 0 bridgehead atoms. The quantitative estimate of drug-likeness (QED) is 0.806. The van der Waals surface area contributed by atoms with Gasteiger partial charge in [-0.1, -0.05) is 6.07 Å². The second kappa shape index (κ2) is 8.55. The maximum atomic E-state index is 13.2. The molecule has 2 atom stereocenters. The second-order valence-corrected chi connectivity index (χ2v) is 8.42. The van der Waals surface area contributed by atoms with Crippen LogP contribution in [0, 0.1) is 5.92 Å². The van der Waals surface area contributed by atoms with Gasteiger partial charge in [0.2, 0.25) is 0 Å². The summed E-state index contributed by atoms with van der Waals surface area (Å²) in [4.78, 5) is 34.3. The number of hydrogen-bond acceptors (Lipinski definition) is 4. The number of amides is 1. The predicted molar refractivity (Wildman–Crippen MR) is 112 cm³/mol. The lowest BCUT2D eigenvalue weighted by Crippen LogP contribution is -2.57. The molecule has 0 radical (unpaired) electrons. The summed E-state index contributed by atoms with van der Waals surface area (Å²) < 4.78 is 0. The number of nitrogens with one attached hydrogen (secondary N) is 1. The molecule has 1 amide bonds. The zero-order chi connectivity index (χ0) is 20.4. The van der Waals surface area contributed by atoms with Gasteiger partial charge in [-0.05, 0) is 49.4 Å². The minimum atomic E-state index is -0.761. The van der Waals surface area contributed by atoms with E-state index in [0.717, 1.165) is 50.0 Å². The van der Waals surface area contributed by atoms with Crippen molar-refractivity contribution >= 4 is 22.8 Å². The van der Waals surface area contributed by atoms with Gasteiger partial charge in [-0.25, -0.2) is 0 Å². The molecule has 0 aliphatic carbocycles. The molecule has 29 heavy (non-hydrogen) atoms. The zero-order valence-corrected chi connectivity index (χ0v) is 17.0. The van der Waals surface area contributed by atoms with Crippen LogP contribution in [0.4, 0.5) is 0 Å². The topological polar surface area (TPSA) is 79.9 Å². The molecular formula is C22H30N4O3. The maximum Gasteiger partial charge on any atom is 0.303 e. The SMILES string of the molecule is CN1CCN([C@@H]2CCN(C(=O)c3ccc4cc[nH]c4c3)C[C@@H]2CCC(=O)O)CC1. The number of carboxylic acid groups (broad SMARTS) is 1. The molecule has 3 heterocycles. The number of likely N-dealkylation sites (tertiary alicyclic amines) is 1. The average Bonchev–Trinajstić information content (AvgIpc) is 3.20. The normalized spacial score (nSPS) is 24.1. The lowest BCUT2D eigenvalue weighted by atomic mass is 9.86. The molecule has 2 N–H and O–H groups in total. The van der Waals surface area contributed by atoms with E-state index in [1.54, 1.807) is 0 Å². The number of fused-ring (bicyclic) bond motifs is 1. The number of piperidine rings is 1. The molecule has 0 spiro atoms. The summed E-state index contributed by atoms with van der Waals surface area (Å²) in [5.74, 6) is -0.525. The van der Waals surface area contributed by atoms with Crippen LogP contribution in [0.15, 0.2) is 30.5 Å². The Morgan fingerprint density at radius 1 is 1.14 bits per heavy atom. The number of carboxylic acids is 1. The minimum absolute atomic E-state index is 0.0404. The third-order valence-electron chi connectivity index (χ3n) is 6.52. The second-order valence-electron chi connectivity index (χ2n) is 8.42. The van der Waals surface area contributed by atoms with Crippen molar-refractivity contribution in [3.63, 3.8) is 0 Å². The Hall–Kier alpha value is -2.38. The van der Waals surface area contributed by atoms with Crippen LogP contribution in [0.3, 0.4) is 0 Å². The van der Waals surface area contributed by atoms with Crippen LogP contribution in [0.2, 0.25) is 0 Å². The van der Waals surface area contributed by atoms with Crippen molar-refractivity contribution in [1.82, 2.24) is 19.7 Å². The highest BCUT2D eigenvalue weighted by Gasteiger charge is 2.36. The van der Waals surface area contributed by atoms with Gasteiger partial charge in [-0.15, -0.1) is 0 Å². The molecule has 4 rings (SSSR count). The maximum absolute atomic E-state index is 13.2. The van der Waals surface area contributed by atoms with Gasteiger partial charge >= 0.3 is 5.97 Å². The van der Waals surface area contributed by atoms with Gasteiger partial charge < -0.3 is 19.9 Å². The van der Waals surface area contributed by atoms with Crippen LogP contribution in [0.25, 0.3) is 10.9 Å². The first-order chi connectivity index (χ1) is 14.0. The summed E-state index contributed by atoms with van der Waals surface area (Å²) in [5.41, 5.74) is 1.65. The number of aromatic nitrogens is 1. The van der Waals surface area contributed by atoms with Gasteiger partial charge in [0, 0.05) is 69.0 Å². The van der Waals surface area contributed by atoms with E-state index in [9.17, 15) is 14.7 Å². The molecule has 2 aliphatic rings. The van der Waals surface area contributed by atoms with Crippen molar-refractivity contribution in [2.75, 3.05) is 46.3 Å². The molecule has 7 heteroatoms. The molecular weight excluding hydrogens is 368 g/mol. The van der Waals surface area contributed by atoms with Crippen molar-refractivity contribution in [1.29, 1.82) is 0 Å². The number of nitrogens with zero attached hydrogens (tertiary/aromatic N) is 3. The van der Waals surface area contributed by atoms with E-state index in [0.29, 0.717) is 24.6 Å². The molecule has 2 aliphatic heterocycles. The van der Waals surface area contributed by atoms with Crippen LogP contribution in [-0.2, 0) is 4.79 Å². The van der Waals surface area contributed by atoms with E-state index >= 15 is 0 Å². The van der Waals surface area contributed by atoms with Gasteiger partial charge in [-0.2, -0.15) is 0 Å². The fraction of sp³-hybridized carbons (Fsp3) is 0.545. The molecule has 1 aromatic carbocycles. The Bertz CT molecular complexity index is 872. The summed E-state index contributed by atoms with van der Waals surface area (Å²) in [5, 5.41) is 10.3. The Morgan fingerprint density at radius 2 is 1.93 bits per heavy atom. The first-order valence-corrected chi connectivity index (χ1v) is 10.5. The van der Waals surface area contributed by atoms with Crippen LogP contribution in [0.5, 0.6) is 0 Å². The largest absolute Gasteiger partial charge is 0.481 e. The minimum Gasteiger partial charge on any atom is -0.481 e. The van der Waals surface area contributed by atoms with Crippen molar-refractivity contribution in [3.05, 3.63) is 36.0 Å². The number of carbonyl (C=O) groups excluding carboxylic acids is 1. The van der Waals surface area contributed by atoms with Crippen LogP contribution < -0.4 is 0 Å². The van der Waals surface area contributed by atoms with Crippen molar-refractivity contribution < 1.29 is 14.7 Å². The first-order valence-electron chi connectivity index (χ1n) is 10.5. The molecule has 156 valence electrons. The number of carbonyl (C=O) groups is 2. The van der Waals surface area contributed by atoms with Crippen molar-refractivity contribution in [2.24, 2.45) is 5.92 Å². The highest BCUT2D eigenvalue weighted by atomic mass is 16.4. The van der Waals surface area contributed by atoms with E-state index < -0.39 is 5.97 Å². The van der Waals surface area contributed by atoms with Crippen molar-refractivity contribution in [3.8, 4) is 0 Å². The lowest BCUT2D eigenvalue weighted by Gasteiger charge is -2.46. The molecule has 2 aromatic rings. The summed E-state index contributed by atoms with van der Waals surface area (Å²) >= 11 is 0. The molecule has 0 saturated carbocycles. The van der Waals surface area contributed by atoms with Crippen LogP contribution in [-0.4, -0.2) is 89.0 Å². The lowest BCUT2D eigenvalue weighted by molar-refractivity contribution is -0.137. The third kappa shape index (κ3) is 4.46. The number of benzene rings is 1. The number of H-pyrrole nitrogens is 1. The average molecular weight is 399 g/mol. The summed E-state index contributed by atoms with van der Waals surface area (Å²) in [6, 6.07) is 8.12. The fourth-order valence-corrected chi connectivity index (χ4v) is 4.79. The number of piperazine rings is 1. The Morgan fingerprint density at radius 3 is 2.69 bits per heavy atom. The Kier molecular flexibility index (Phi) is 5.87. The van der Waals surface area contributed by atoms with Gasteiger partial charge in [0.1, 0.15) is 0 Å². The van der Waals surface area contributed by atoms with E-state index in [4.69, 9.17) is 0 Å². The summed E-state index contributed by atoms with van der Waals surface area (Å²) in [6.07, 6.45) is 3.56. The van der Waals surface area contributed by atoms with Gasteiger partial charge in [0.25, 0.3) is 5.91 Å². The number of hydrogen-bond donors (Lipinski definition) is 2. The Labute approximate surface area is 171 Å². The highest BCUT2D eigenvalue weighted by Crippen LogP contribution is 2.28. The molecule has 7 nitrogen and oxygen atoms in total. The van der Waals surface area contributed by atoms with Gasteiger partial charge in [0.05, 0.1) is 0 Å². The van der Waals surface area contributed by atoms with Gasteiger partial charge in [-0.3, -0.25) is 14.5 Å². The standard InChI is InChI=1S/C22H30N4O3/c1-24-10-12-25(13-11-24)20-7-9-26(15-18(20)4-5-21(27)28)22(29)17-3-2-16-6-8-23-19(16)14-17/h2-3,6,8,14,18,20,23H,4-5,7,9-13,15H2,1H3,(H,27,28)/t18-,20+/m0/s1.